The van der Waals surface area contributed by atoms with Gasteiger partial charge in [0.05, 0.1) is 5.69 Å². The molecule has 2 rings (SSSR count). The Morgan fingerprint density at radius 2 is 1.95 bits per heavy atom. The van der Waals surface area contributed by atoms with Crippen molar-refractivity contribution in [2.75, 3.05) is 18.9 Å². The Labute approximate surface area is 130 Å². The SMILES string of the molecule is Nc1cc(Cl)ccc1S(=O)(=O)NCC1CCCCC1CO. The molecule has 0 bridgehead atoms. The predicted molar refractivity (Wildman–Crippen MR) is 83.6 cm³/mol. The Morgan fingerprint density at radius 3 is 2.57 bits per heavy atom. The number of aliphatic hydroxyl groups is 1. The highest BCUT2D eigenvalue weighted by Gasteiger charge is 2.26. The third-order valence-corrected chi connectivity index (χ3v) is 5.83. The molecular formula is C14H21ClN2O3S. The molecule has 7 heteroatoms. The van der Waals surface area contributed by atoms with E-state index in [4.69, 9.17) is 17.3 Å². The second-order valence-electron chi connectivity index (χ2n) is 5.52. The molecule has 1 aliphatic rings. The van der Waals surface area contributed by atoms with Gasteiger partial charge in [-0.2, -0.15) is 0 Å². The summed E-state index contributed by atoms with van der Waals surface area (Å²) in [6.07, 6.45) is 4.06. The van der Waals surface area contributed by atoms with E-state index in [9.17, 15) is 13.5 Å². The number of aliphatic hydroxyl groups excluding tert-OH is 1. The van der Waals surface area contributed by atoms with Crippen LogP contribution in [0.4, 0.5) is 5.69 Å². The minimum atomic E-state index is -3.65. The van der Waals surface area contributed by atoms with E-state index in [0.29, 0.717) is 11.6 Å². The fourth-order valence-electron chi connectivity index (χ4n) is 2.85. The number of benzene rings is 1. The fourth-order valence-corrected chi connectivity index (χ4v) is 4.24. The van der Waals surface area contributed by atoms with Crippen molar-refractivity contribution in [3.05, 3.63) is 23.2 Å². The molecule has 1 aromatic carbocycles. The van der Waals surface area contributed by atoms with Crippen LogP contribution >= 0.6 is 11.6 Å². The number of nitrogens with one attached hydrogen (secondary N) is 1. The second-order valence-corrected chi connectivity index (χ2v) is 7.69. The molecule has 0 amide bonds. The number of halogens is 1. The summed E-state index contributed by atoms with van der Waals surface area (Å²) in [6.45, 7) is 0.436. The number of hydrogen-bond acceptors (Lipinski definition) is 4. The average Bonchev–Trinajstić information content (AvgIpc) is 2.45. The van der Waals surface area contributed by atoms with Crippen molar-refractivity contribution in [3.63, 3.8) is 0 Å². The van der Waals surface area contributed by atoms with Gasteiger partial charge >= 0.3 is 0 Å². The van der Waals surface area contributed by atoms with Crippen molar-refractivity contribution in [1.29, 1.82) is 0 Å². The molecule has 0 aliphatic heterocycles. The van der Waals surface area contributed by atoms with Crippen LogP contribution in [0.5, 0.6) is 0 Å². The molecule has 2 atom stereocenters. The molecule has 1 aliphatic carbocycles. The lowest BCUT2D eigenvalue weighted by atomic mass is 9.80. The van der Waals surface area contributed by atoms with Crippen LogP contribution in [0.1, 0.15) is 25.7 Å². The number of rotatable bonds is 5. The van der Waals surface area contributed by atoms with Crippen LogP contribution in [0, 0.1) is 11.8 Å². The molecule has 2 unspecified atom stereocenters. The Kier molecular flexibility index (Phi) is 5.48. The van der Waals surface area contributed by atoms with Crippen molar-refractivity contribution in [3.8, 4) is 0 Å². The zero-order valence-electron chi connectivity index (χ0n) is 11.8. The van der Waals surface area contributed by atoms with E-state index >= 15 is 0 Å². The van der Waals surface area contributed by atoms with Crippen molar-refractivity contribution < 1.29 is 13.5 Å². The van der Waals surface area contributed by atoms with Gasteiger partial charge in [-0.25, -0.2) is 13.1 Å². The maximum absolute atomic E-state index is 12.3. The van der Waals surface area contributed by atoms with Gasteiger partial charge in [0.2, 0.25) is 10.0 Å². The largest absolute Gasteiger partial charge is 0.398 e. The molecular weight excluding hydrogens is 312 g/mol. The molecule has 0 spiro atoms. The normalized spacial score (nSPS) is 23.1. The minimum absolute atomic E-state index is 0.0447. The van der Waals surface area contributed by atoms with Crippen molar-refractivity contribution in [2.24, 2.45) is 11.8 Å². The molecule has 0 heterocycles. The van der Waals surface area contributed by atoms with E-state index in [1.165, 1.54) is 18.2 Å². The molecule has 0 radical (unpaired) electrons. The number of nitrogens with two attached hydrogens (primary N) is 1. The zero-order valence-corrected chi connectivity index (χ0v) is 13.3. The van der Waals surface area contributed by atoms with Crippen LogP contribution < -0.4 is 10.5 Å². The summed E-state index contributed by atoms with van der Waals surface area (Å²) in [5.74, 6) is 0.344. The van der Waals surface area contributed by atoms with E-state index in [1.807, 2.05) is 0 Å². The van der Waals surface area contributed by atoms with Gasteiger partial charge in [-0.1, -0.05) is 24.4 Å². The molecule has 0 saturated heterocycles. The van der Waals surface area contributed by atoms with Gasteiger partial charge in [-0.15, -0.1) is 0 Å². The summed E-state index contributed by atoms with van der Waals surface area (Å²) in [6, 6.07) is 4.33. The molecule has 1 saturated carbocycles. The second kappa shape index (κ2) is 6.96. The highest BCUT2D eigenvalue weighted by atomic mass is 35.5. The van der Waals surface area contributed by atoms with Crippen LogP contribution in [0.3, 0.4) is 0 Å². The summed E-state index contributed by atoms with van der Waals surface area (Å²) < 4.78 is 27.2. The smallest absolute Gasteiger partial charge is 0.242 e. The Bertz CT molecular complexity index is 592. The lowest BCUT2D eigenvalue weighted by Gasteiger charge is -2.30. The minimum Gasteiger partial charge on any atom is -0.398 e. The summed E-state index contributed by atoms with van der Waals surface area (Å²) in [4.78, 5) is 0.0447. The summed E-state index contributed by atoms with van der Waals surface area (Å²) in [5.41, 5.74) is 5.86. The topological polar surface area (TPSA) is 92.4 Å². The first kappa shape index (κ1) is 16.5. The van der Waals surface area contributed by atoms with Gasteiger partial charge in [0.25, 0.3) is 0 Å². The average molecular weight is 333 g/mol. The van der Waals surface area contributed by atoms with Gasteiger partial charge in [0.1, 0.15) is 4.90 Å². The molecule has 1 aromatic rings. The van der Waals surface area contributed by atoms with Gasteiger partial charge in [-0.3, -0.25) is 0 Å². The maximum atomic E-state index is 12.3. The van der Waals surface area contributed by atoms with Crippen molar-refractivity contribution >= 4 is 27.3 Å². The molecule has 21 heavy (non-hydrogen) atoms. The standard InChI is InChI=1S/C14H21ClN2O3S/c15-12-5-6-14(13(16)7-12)21(19,20)17-8-10-3-1-2-4-11(10)9-18/h5-7,10-11,17-18H,1-4,8-9,16H2. The Morgan fingerprint density at radius 1 is 1.29 bits per heavy atom. The molecule has 0 aromatic heterocycles. The molecule has 118 valence electrons. The molecule has 5 nitrogen and oxygen atoms in total. The van der Waals surface area contributed by atoms with Crippen LogP contribution in [0.2, 0.25) is 5.02 Å². The van der Waals surface area contributed by atoms with E-state index in [0.717, 1.165) is 25.7 Å². The third-order valence-electron chi connectivity index (χ3n) is 4.10. The first-order valence-electron chi connectivity index (χ1n) is 7.09. The van der Waals surface area contributed by atoms with E-state index in [2.05, 4.69) is 4.72 Å². The molecule has 4 N–H and O–H groups in total. The van der Waals surface area contributed by atoms with Gasteiger partial charge < -0.3 is 10.8 Å². The van der Waals surface area contributed by atoms with E-state index in [1.54, 1.807) is 0 Å². The van der Waals surface area contributed by atoms with Gasteiger partial charge in [0.15, 0.2) is 0 Å². The Hall–Kier alpha value is -0.820. The number of nitrogen functional groups attached to an aromatic ring is 1. The highest BCUT2D eigenvalue weighted by molar-refractivity contribution is 7.89. The van der Waals surface area contributed by atoms with Crippen LogP contribution in [-0.4, -0.2) is 26.7 Å². The zero-order chi connectivity index (χ0) is 15.5. The number of hydrogen-bond donors (Lipinski definition) is 3. The lowest BCUT2D eigenvalue weighted by Crippen LogP contribution is -2.35. The maximum Gasteiger partial charge on any atom is 0.242 e. The quantitative estimate of drug-likeness (QED) is 0.719. The highest BCUT2D eigenvalue weighted by Crippen LogP contribution is 2.30. The Balaban J connectivity index is 2.07. The van der Waals surface area contributed by atoms with Crippen molar-refractivity contribution in [2.45, 2.75) is 30.6 Å². The van der Waals surface area contributed by atoms with Crippen LogP contribution in [-0.2, 0) is 10.0 Å². The number of anilines is 1. The summed E-state index contributed by atoms with van der Waals surface area (Å²) >= 11 is 5.78. The van der Waals surface area contributed by atoms with E-state index < -0.39 is 10.0 Å². The third kappa shape index (κ3) is 4.10. The monoisotopic (exact) mass is 332 g/mol. The predicted octanol–water partition coefficient (Wildman–Crippen LogP) is 2.00. The summed E-state index contributed by atoms with van der Waals surface area (Å²) in [7, 11) is -3.65. The lowest BCUT2D eigenvalue weighted by molar-refractivity contribution is 0.136. The first-order valence-corrected chi connectivity index (χ1v) is 8.95. The van der Waals surface area contributed by atoms with Gasteiger partial charge in [0, 0.05) is 18.2 Å². The first-order chi connectivity index (χ1) is 9.94. The van der Waals surface area contributed by atoms with Gasteiger partial charge in [-0.05, 0) is 42.9 Å². The van der Waals surface area contributed by atoms with Crippen LogP contribution in [0.15, 0.2) is 23.1 Å². The van der Waals surface area contributed by atoms with Crippen LogP contribution in [0.25, 0.3) is 0 Å². The van der Waals surface area contributed by atoms with E-state index in [-0.39, 0.29) is 29.0 Å². The summed E-state index contributed by atoms with van der Waals surface area (Å²) in [5, 5.41) is 9.77. The number of sulfonamides is 1. The van der Waals surface area contributed by atoms with Crippen molar-refractivity contribution in [1.82, 2.24) is 4.72 Å². The fraction of sp³-hybridized carbons (Fsp3) is 0.571. The molecule has 1 fully saturated rings.